The Labute approximate surface area is 145 Å². The Morgan fingerprint density at radius 2 is 1.78 bits per heavy atom. The van der Waals surface area contributed by atoms with E-state index in [0.29, 0.717) is 6.54 Å². The molecule has 0 radical (unpaired) electrons. The molecule has 3 aromatic rings. The van der Waals surface area contributed by atoms with Crippen molar-refractivity contribution < 1.29 is 4.52 Å². The van der Waals surface area contributed by atoms with E-state index in [-0.39, 0.29) is 0 Å². The molecule has 3 aromatic carbocycles. The minimum absolute atomic E-state index is 0.667. The molecule has 0 N–H and O–H groups in total. The van der Waals surface area contributed by atoms with Gasteiger partial charge < -0.3 is 4.52 Å². The maximum atomic E-state index is 6.62. The summed E-state index contributed by atoms with van der Waals surface area (Å²) in [6.07, 6.45) is 0. The number of hydrogen-bond acceptors (Lipinski definition) is 2. The first-order chi connectivity index (χ1) is 11.0. The lowest BCUT2D eigenvalue weighted by molar-refractivity contribution is 0.592. The zero-order valence-corrected chi connectivity index (χ0v) is 15.0. The molecule has 1 atom stereocenters. The molecule has 0 saturated carbocycles. The van der Waals surface area contributed by atoms with Gasteiger partial charge in [0.25, 0.3) is 5.77 Å². The summed E-state index contributed by atoms with van der Waals surface area (Å²) < 4.78 is 8.07. The molecule has 23 heavy (non-hydrogen) atoms. The van der Waals surface area contributed by atoms with Crippen molar-refractivity contribution in [2.24, 2.45) is 0 Å². The van der Waals surface area contributed by atoms with Gasteiger partial charge >= 0.3 is 0 Å². The lowest BCUT2D eigenvalue weighted by Crippen LogP contribution is -2.24. The number of rotatable bonds is 1. The van der Waals surface area contributed by atoms with Crippen molar-refractivity contribution in [2.75, 3.05) is 4.67 Å². The van der Waals surface area contributed by atoms with Gasteiger partial charge in [-0.05, 0) is 58.9 Å². The van der Waals surface area contributed by atoms with E-state index in [1.54, 1.807) is 0 Å². The van der Waals surface area contributed by atoms with Crippen molar-refractivity contribution in [3.05, 3.63) is 71.8 Å². The first kappa shape index (κ1) is 15.0. The average molecular weight is 360 g/mol. The van der Waals surface area contributed by atoms with Crippen molar-refractivity contribution in [2.45, 2.75) is 13.5 Å². The van der Waals surface area contributed by atoms with Crippen LogP contribution in [0.4, 0.5) is 5.69 Å². The molecule has 2 nitrogen and oxygen atoms in total. The summed E-state index contributed by atoms with van der Waals surface area (Å²) in [4.78, 5) is 0. The predicted octanol–water partition coefficient (Wildman–Crippen LogP) is 6.01. The Balaban J connectivity index is 1.87. The van der Waals surface area contributed by atoms with E-state index in [2.05, 4.69) is 49.4 Å². The third-order valence-electron chi connectivity index (χ3n) is 4.14. The summed E-state index contributed by atoms with van der Waals surface area (Å²) in [6.45, 7) is 2.73. The van der Waals surface area contributed by atoms with Crippen LogP contribution in [0.1, 0.15) is 11.1 Å². The van der Waals surface area contributed by atoms with Gasteiger partial charge in [0, 0.05) is 11.3 Å². The largest absolute Gasteiger partial charge is 0.437 e. The number of benzene rings is 3. The van der Waals surface area contributed by atoms with E-state index >= 15 is 0 Å². The highest BCUT2D eigenvalue weighted by atomic mass is 35.7. The molecule has 1 heterocycles. The molecule has 0 saturated heterocycles. The van der Waals surface area contributed by atoms with Crippen LogP contribution in [0.3, 0.4) is 0 Å². The molecular weight excluding hydrogens is 345 g/mol. The van der Waals surface area contributed by atoms with Gasteiger partial charge in [-0.1, -0.05) is 48.0 Å². The summed E-state index contributed by atoms with van der Waals surface area (Å²) in [5, 5.41) is 2.39. The second-order valence-corrected chi connectivity index (χ2v) is 10.7. The van der Waals surface area contributed by atoms with Gasteiger partial charge in [0.15, 0.2) is 0 Å². The van der Waals surface area contributed by atoms with Crippen molar-refractivity contribution in [1.29, 1.82) is 0 Å². The summed E-state index contributed by atoms with van der Waals surface area (Å²) in [5.74, 6) is -1.79. The van der Waals surface area contributed by atoms with Gasteiger partial charge in [0.1, 0.15) is 5.75 Å². The highest BCUT2D eigenvalue weighted by Gasteiger charge is 2.33. The van der Waals surface area contributed by atoms with Crippen LogP contribution < -0.4 is 9.19 Å². The fourth-order valence-corrected chi connectivity index (χ4v) is 5.49. The van der Waals surface area contributed by atoms with E-state index in [0.717, 1.165) is 17.0 Å². The summed E-state index contributed by atoms with van der Waals surface area (Å²) in [7, 11) is 0. The first-order valence-corrected chi connectivity index (χ1v) is 11.0. The van der Waals surface area contributed by atoms with E-state index in [1.165, 1.54) is 16.3 Å². The van der Waals surface area contributed by atoms with E-state index < -0.39 is 5.77 Å². The maximum Gasteiger partial charge on any atom is 0.296 e. The van der Waals surface area contributed by atoms with Crippen molar-refractivity contribution in [1.82, 2.24) is 0 Å². The Bertz CT molecular complexity index is 941. The lowest BCUT2D eigenvalue weighted by Gasteiger charge is -2.37. The molecule has 0 amide bonds. The van der Waals surface area contributed by atoms with Crippen LogP contribution in [0.25, 0.3) is 10.8 Å². The number of anilines is 1. The summed E-state index contributed by atoms with van der Waals surface area (Å²) >= 11 is 12.2. The second kappa shape index (κ2) is 5.52. The fraction of sp³-hybridized carbons (Fsp3) is 0.111. The smallest absolute Gasteiger partial charge is 0.296 e. The van der Waals surface area contributed by atoms with Crippen LogP contribution in [0.15, 0.2) is 60.7 Å². The monoisotopic (exact) mass is 359 g/mol. The van der Waals surface area contributed by atoms with Crippen LogP contribution in [0, 0.1) is 6.92 Å². The molecule has 0 fully saturated rings. The standard InChI is InChI=1S/C18H15ClNOPS/c1-13-6-9-15(10-7-13)20-12-17-16-5-3-2-4-14(16)8-11-18(17)21-22(20,19)23/h2-11H,12H2,1H3. The second-order valence-electron chi connectivity index (χ2n) is 5.70. The van der Waals surface area contributed by atoms with Gasteiger partial charge in [0.2, 0.25) is 0 Å². The summed E-state index contributed by atoms with van der Waals surface area (Å²) in [6, 6.07) is 20.6. The molecule has 1 unspecified atom stereocenters. The number of halogens is 1. The molecule has 5 heteroatoms. The predicted molar refractivity (Wildman–Crippen MR) is 102 cm³/mol. The van der Waals surface area contributed by atoms with E-state index in [4.69, 9.17) is 27.6 Å². The van der Waals surface area contributed by atoms with Crippen LogP contribution in [0.5, 0.6) is 5.75 Å². The topological polar surface area (TPSA) is 12.5 Å². The third-order valence-corrected chi connectivity index (χ3v) is 7.08. The minimum Gasteiger partial charge on any atom is -0.437 e. The number of hydrogen-bond donors (Lipinski definition) is 0. The minimum atomic E-state index is -2.61. The fourth-order valence-electron chi connectivity index (χ4n) is 2.92. The first-order valence-electron chi connectivity index (χ1n) is 7.39. The van der Waals surface area contributed by atoms with Crippen LogP contribution in [-0.2, 0) is 18.4 Å². The average Bonchev–Trinajstić information content (AvgIpc) is 2.54. The van der Waals surface area contributed by atoms with Gasteiger partial charge in [-0.15, -0.1) is 0 Å². The van der Waals surface area contributed by atoms with Crippen molar-refractivity contribution in [3.63, 3.8) is 0 Å². The number of nitrogens with zero attached hydrogens (tertiary/aromatic N) is 1. The van der Waals surface area contributed by atoms with Crippen molar-refractivity contribution >= 4 is 45.3 Å². The van der Waals surface area contributed by atoms with Crippen LogP contribution in [0.2, 0.25) is 0 Å². The Morgan fingerprint density at radius 1 is 1.04 bits per heavy atom. The zero-order valence-electron chi connectivity index (χ0n) is 12.6. The molecular formula is C18H15ClNOPS. The molecule has 0 spiro atoms. The lowest BCUT2D eigenvalue weighted by atomic mass is 10.0. The molecule has 0 bridgehead atoms. The molecule has 0 aliphatic carbocycles. The Morgan fingerprint density at radius 3 is 2.57 bits per heavy atom. The molecule has 116 valence electrons. The SMILES string of the molecule is Cc1ccc(N2Cc3c(ccc4ccccc34)OP2(=S)Cl)cc1. The quantitative estimate of drug-likeness (QED) is 0.493. The highest BCUT2D eigenvalue weighted by molar-refractivity contribution is 8.25. The van der Waals surface area contributed by atoms with Gasteiger partial charge in [0.05, 0.1) is 6.54 Å². The van der Waals surface area contributed by atoms with Crippen LogP contribution >= 0.6 is 17.0 Å². The number of aryl methyl sites for hydroxylation is 1. The summed E-state index contributed by atoms with van der Waals surface area (Å²) in [5.41, 5.74) is 3.36. The Hall–Kier alpha value is -1.54. The third kappa shape index (κ3) is 2.63. The zero-order chi connectivity index (χ0) is 16.0. The highest BCUT2D eigenvalue weighted by Crippen LogP contribution is 2.62. The van der Waals surface area contributed by atoms with Crippen LogP contribution in [-0.4, -0.2) is 0 Å². The molecule has 1 aliphatic heterocycles. The van der Waals surface area contributed by atoms with Crippen molar-refractivity contribution in [3.8, 4) is 5.75 Å². The van der Waals surface area contributed by atoms with Gasteiger partial charge in [-0.3, -0.25) is 4.67 Å². The van der Waals surface area contributed by atoms with E-state index in [1.807, 2.05) is 22.9 Å². The maximum absolute atomic E-state index is 6.62. The number of fused-ring (bicyclic) bond motifs is 3. The Kier molecular flexibility index (Phi) is 3.60. The molecule has 1 aliphatic rings. The normalized spacial score (nSPS) is 20.2. The van der Waals surface area contributed by atoms with E-state index in [9.17, 15) is 0 Å². The molecule has 0 aromatic heterocycles. The van der Waals surface area contributed by atoms with Gasteiger partial charge in [-0.2, -0.15) is 0 Å². The van der Waals surface area contributed by atoms with Gasteiger partial charge in [-0.25, -0.2) is 0 Å². The molecule has 4 rings (SSSR count).